The van der Waals surface area contributed by atoms with Gasteiger partial charge in [0.05, 0.1) is 0 Å². The van der Waals surface area contributed by atoms with Gasteiger partial charge in [-0.2, -0.15) is 0 Å². The van der Waals surface area contributed by atoms with Gasteiger partial charge in [-0.15, -0.1) is 0 Å². The van der Waals surface area contributed by atoms with Crippen molar-refractivity contribution in [3.8, 4) is 5.75 Å². The number of carbonyl (C=O) groups excluding carboxylic acids is 2. The first kappa shape index (κ1) is 24.1. The van der Waals surface area contributed by atoms with Crippen LogP contribution in [0.2, 0.25) is 11.8 Å². The van der Waals surface area contributed by atoms with Crippen LogP contribution in [0.15, 0.2) is 24.3 Å². The molecule has 3 saturated carbocycles. The van der Waals surface area contributed by atoms with E-state index in [-0.39, 0.29) is 5.97 Å². The molecule has 4 nitrogen and oxygen atoms in total. The van der Waals surface area contributed by atoms with E-state index in [0.29, 0.717) is 23.1 Å². The number of para-hydroxylation sites is 1. The average molecular weight is 547 g/mol. The second-order valence-electron chi connectivity index (χ2n) is 10.3. The van der Waals surface area contributed by atoms with Gasteiger partial charge in [0, 0.05) is 0 Å². The van der Waals surface area contributed by atoms with Crippen LogP contribution in [0.5, 0.6) is 5.75 Å². The molecule has 0 radical (unpaired) electrons. The standard InChI is InChI=1S/C9H8O4.3C6H11.Sn/c1-6(10)13-8-5-3-2-4-7(8)9(11)12;3*1-2-4-6-5-3-1;/h2-5H,1H3,(H,11,12);3*1H,2-6H2;/q;;;;+1/p-1. The third kappa shape index (κ3) is 5.36. The Hall–Kier alpha value is -1.04. The molecule has 32 heavy (non-hydrogen) atoms. The fourth-order valence-corrected chi connectivity index (χ4v) is 26.6. The third-order valence-electron chi connectivity index (χ3n) is 8.36. The van der Waals surface area contributed by atoms with E-state index >= 15 is 0 Å². The van der Waals surface area contributed by atoms with Crippen molar-refractivity contribution in [2.45, 2.75) is 115 Å². The Kier molecular flexibility index (Phi) is 8.58. The molecule has 0 unspecified atom stereocenters. The van der Waals surface area contributed by atoms with Gasteiger partial charge in [0.2, 0.25) is 0 Å². The second kappa shape index (κ2) is 11.4. The normalized spacial score (nSPS) is 21.8. The quantitative estimate of drug-likeness (QED) is 0.208. The van der Waals surface area contributed by atoms with E-state index in [0.717, 1.165) is 0 Å². The summed E-state index contributed by atoms with van der Waals surface area (Å²) >= 11 is -3.43. The molecule has 5 heteroatoms. The first-order valence-corrected chi connectivity index (χ1v) is 19.2. The first-order chi connectivity index (χ1) is 15.6. The molecule has 0 heterocycles. The van der Waals surface area contributed by atoms with Crippen LogP contribution in [0, 0.1) is 0 Å². The molecule has 0 amide bonds. The topological polar surface area (TPSA) is 52.6 Å². The van der Waals surface area contributed by atoms with Gasteiger partial charge in [-0.1, -0.05) is 0 Å². The van der Waals surface area contributed by atoms with Crippen molar-refractivity contribution in [2.24, 2.45) is 0 Å². The van der Waals surface area contributed by atoms with Crippen LogP contribution in [0.1, 0.15) is 114 Å². The summed E-state index contributed by atoms with van der Waals surface area (Å²) in [6.45, 7) is 1.39. The molecule has 0 N–H and O–H groups in total. The van der Waals surface area contributed by atoms with E-state index in [1.165, 1.54) is 103 Å². The van der Waals surface area contributed by atoms with Gasteiger partial charge < -0.3 is 0 Å². The molecule has 176 valence electrons. The number of esters is 1. The Balaban J connectivity index is 1.72. The Morgan fingerprint density at radius 3 is 1.59 bits per heavy atom. The summed E-state index contributed by atoms with van der Waals surface area (Å²) < 4.78 is 14.4. The van der Waals surface area contributed by atoms with Crippen molar-refractivity contribution in [1.82, 2.24) is 0 Å². The Morgan fingerprint density at radius 2 is 1.16 bits per heavy atom. The zero-order chi connectivity index (χ0) is 22.4. The van der Waals surface area contributed by atoms with E-state index < -0.39 is 24.8 Å². The summed E-state index contributed by atoms with van der Waals surface area (Å²) in [7, 11) is 0. The van der Waals surface area contributed by atoms with Crippen LogP contribution >= 0.6 is 0 Å². The SMILES string of the molecule is CC(=O)Oc1ccccc1C(=O)[O][Sn]([CH]1CCCCC1)([CH]1CCCCC1)[CH]1CCCCC1. The minimum absolute atomic E-state index is 0.209. The Morgan fingerprint density at radius 1 is 0.719 bits per heavy atom. The zero-order valence-corrected chi connectivity index (χ0v) is 22.6. The van der Waals surface area contributed by atoms with Crippen LogP contribution in [-0.4, -0.2) is 30.7 Å². The van der Waals surface area contributed by atoms with E-state index in [1.54, 1.807) is 12.1 Å². The summed E-state index contributed by atoms with van der Waals surface area (Å²) in [5.74, 6) is -0.257. The molecule has 3 aliphatic carbocycles. The molecule has 4 rings (SSSR count). The number of hydrogen-bond donors (Lipinski definition) is 0. The van der Waals surface area contributed by atoms with E-state index in [4.69, 9.17) is 7.81 Å². The molecular formula is C27H40O4Sn. The zero-order valence-electron chi connectivity index (χ0n) is 19.8. The summed E-state index contributed by atoms with van der Waals surface area (Å²) in [6.07, 6.45) is 19.4. The molecular weight excluding hydrogens is 507 g/mol. The van der Waals surface area contributed by atoms with Crippen molar-refractivity contribution in [2.75, 3.05) is 0 Å². The molecule has 3 aliphatic rings. The summed E-state index contributed by atoms with van der Waals surface area (Å²) in [5, 5.41) is 0. The van der Waals surface area contributed by atoms with Crippen molar-refractivity contribution in [3.63, 3.8) is 0 Å². The molecule has 0 aromatic heterocycles. The molecule has 1 aromatic carbocycles. The van der Waals surface area contributed by atoms with Gasteiger partial charge in [0.25, 0.3) is 0 Å². The number of carbonyl (C=O) groups is 2. The van der Waals surface area contributed by atoms with Crippen molar-refractivity contribution in [3.05, 3.63) is 29.8 Å². The van der Waals surface area contributed by atoms with E-state index in [2.05, 4.69) is 0 Å². The van der Waals surface area contributed by atoms with Crippen molar-refractivity contribution >= 4 is 30.7 Å². The number of hydrogen-bond acceptors (Lipinski definition) is 4. The number of benzene rings is 1. The Bertz CT molecular complexity index is 728. The fourth-order valence-electron chi connectivity index (χ4n) is 7.01. The summed E-state index contributed by atoms with van der Waals surface area (Å²) in [5.41, 5.74) is 0.436. The molecule has 0 spiro atoms. The van der Waals surface area contributed by atoms with Gasteiger partial charge >= 0.3 is 199 Å². The predicted octanol–water partition coefficient (Wildman–Crippen LogP) is 7.72. The molecule has 0 bridgehead atoms. The van der Waals surface area contributed by atoms with Crippen molar-refractivity contribution in [1.29, 1.82) is 0 Å². The van der Waals surface area contributed by atoms with Crippen LogP contribution < -0.4 is 4.74 Å². The van der Waals surface area contributed by atoms with Gasteiger partial charge in [0.1, 0.15) is 0 Å². The third-order valence-corrected chi connectivity index (χ3v) is 25.8. The molecule has 0 atom stereocenters. The van der Waals surface area contributed by atoms with Crippen LogP contribution in [0.3, 0.4) is 0 Å². The van der Waals surface area contributed by atoms with E-state index in [9.17, 15) is 9.59 Å². The average Bonchev–Trinajstić information content (AvgIpc) is 2.84. The molecule has 3 fully saturated rings. The fraction of sp³-hybridized carbons (Fsp3) is 0.704. The summed E-state index contributed by atoms with van der Waals surface area (Å²) in [4.78, 5) is 25.5. The van der Waals surface area contributed by atoms with Crippen LogP contribution in [0.25, 0.3) is 0 Å². The monoisotopic (exact) mass is 548 g/mol. The predicted molar refractivity (Wildman–Crippen MR) is 129 cm³/mol. The van der Waals surface area contributed by atoms with Gasteiger partial charge in [-0.3, -0.25) is 0 Å². The number of ether oxygens (including phenoxy) is 1. The number of rotatable bonds is 6. The maximum absolute atomic E-state index is 13.8. The minimum atomic E-state index is -3.43. The van der Waals surface area contributed by atoms with Crippen molar-refractivity contribution < 1.29 is 17.4 Å². The van der Waals surface area contributed by atoms with Crippen LogP contribution in [0.4, 0.5) is 0 Å². The molecule has 1 aromatic rings. The summed E-state index contributed by atoms with van der Waals surface area (Å²) in [6, 6.07) is 7.16. The van der Waals surface area contributed by atoms with E-state index in [1.807, 2.05) is 12.1 Å². The molecule has 0 saturated heterocycles. The second-order valence-corrected chi connectivity index (χ2v) is 22.8. The van der Waals surface area contributed by atoms with Gasteiger partial charge in [0.15, 0.2) is 0 Å². The maximum atomic E-state index is 13.8. The molecule has 0 aliphatic heterocycles. The van der Waals surface area contributed by atoms with Gasteiger partial charge in [-0.25, -0.2) is 0 Å². The van der Waals surface area contributed by atoms with Gasteiger partial charge in [-0.05, 0) is 0 Å². The van der Waals surface area contributed by atoms with Crippen LogP contribution in [-0.2, 0) is 7.87 Å². The Labute approximate surface area is 198 Å². The first-order valence-electron chi connectivity index (χ1n) is 13.1.